The Kier molecular flexibility index (Phi) is 8.55. The molecular weight excluding hydrogens is 468 g/mol. The van der Waals surface area contributed by atoms with Crippen molar-refractivity contribution in [2.45, 2.75) is 84.3 Å². The molecule has 3 atom stereocenters. The number of nitrogens with zero attached hydrogens (tertiary/aromatic N) is 3. The molecule has 1 aromatic carbocycles. The molecule has 1 aliphatic carbocycles. The van der Waals surface area contributed by atoms with Crippen molar-refractivity contribution in [2.75, 3.05) is 31.1 Å². The van der Waals surface area contributed by atoms with E-state index in [4.69, 9.17) is 0 Å². The van der Waals surface area contributed by atoms with Gasteiger partial charge in [0, 0.05) is 36.8 Å². The molecule has 3 fully saturated rings. The fourth-order valence-electron chi connectivity index (χ4n) is 6.31. The lowest BCUT2D eigenvalue weighted by Crippen LogP contribution is -2.53. The van der Waals surface area contributed by atoms with Gasteiger partial charge in [0.15, 0.2) is 5.78 Å². The molecule has 3 unspecified atom stereocenters. The first-order valence-electron chi connectivity index (χ1n) is 14.0. The lowest BCUT2D eigenvalue weighted by atomic mass is 10.0. The average Bonchev–Trinajstić information content (AvgIpc) is 3.63. The van der Waals surface area contributed by atoms with Crippen LogP contribution in [-0.4, -0.2) is 77.6 Å². The average molecular weight is 511 g/mol. The molecule has 37 heavy (non-hydrogen) atoms. The quantitative estimate of drug-likeness (QED) is 0.551. The van der Waals surface area contributed by atoms with E-state index in [1.165, 1.54) is 0 Å². The summed E-state index contributed by atoms with van der Waals surface area (Å²) < 4.78 is 0. The molecule has 0 spiro atoms. The zero-order valence-electron chi connectivity index (χ0n) is 22.7. The van der Waals surface area contributed by atoms with Crippen LogP contribution in [0, 0.1) is 11.8 Å². The second-order valence-electron chi connectivity index (χ2n) is 11.1. The Morgan fingerprint density at radius 1 is 1.00 bits per heavy atom. The molecule has 3 aliphatic rings. The van der Waals surface area contributed by atoms with Gasteiger partial charge in [-0.1, -0.05) is 26.7 Å². The summed E-state index contributed by atoms with van der Waals surface area (Å²) in [4.78, 5) is 58.6. The van der Waals surface area contributed by atoms with E-state index in [-0.39, 0.29) is 47.9 Å². The number of Topliss-reactive ketones (excluding diaryl/α,β-unsaturated/α-hetero) is 1. The van der Waals surface area contributed by atoms with Gasteiger partial charge in [0.2, 0.25) is 11.8 Å². The summed E-state index contributed by atoms with van der Waals surface area (Å²) in [6.45, 7) is 10.5. The molecule has 3 amide bonds. The number of nitrogens with one attached hydrogen (secondary N) is 1. The van der Waals surface area contributed by atoms with E-state index in [1.54, 1.807) is 21.9 Å². The van der Waals surface area contributed by atoms with Gasteiger partial charge in [-0.2, -0.15) is 0 Å². The van der Waals surface area contributed by atoms with E-state index >= 15 is 0 Å². The van der Waals surface area contributed by atoms with Crippen molar-refractivity contribution < 1.29 is 19.2 Å². The van der Waals surface area contributed by atoms with E-state index in [0.29, 0.717) is 24.9 Å². The molecule has 202 valence electrons. The Morgan fingerprint density at radius 3 is 2.24 bits per heavy atom. The number of anilines is 1. The summed E-state index contributed by atoms with van der Waals surface area (Å²) in [7, 11) is 0. The number of carbonyl (C=O) groups is 4. The van der Waals surface area contributed by atoms with Gasteiger partial charge in [-0.05, 0) is 69.7 Å². The Morgan fingerprint density at radius 2 is 1.65 bits per heavy atom. The molecule has 1 aromatic rings. The molecular formula is C29H42N4O4. The number of benzene rings is 1. The van der Waals surface area contributed by atoms with E-state index in [0.717, 1.165) is 44.5 Å². The first-order valence-corrected chi connectivity index (χ1v) is 14.0. The van der Waals surface area contributed by atoms with Crippen LogP contribution < -0.4 is 10.2 Å². The van der Waals surface area contributed by atoms with Crippen LogP contribution in [0.25, 0.3) is 0 Å². The predicted molar refractivity (Wildman–Crippen MR) is 143 cm³/mol. The highest BCUT2D eigenvalue weighted by Gasteiger charge is 2.53. The highest BCUT2D eigenvalue weighted by atomic mass is 16.2. The van der Waals surface area contributed by atoms with Gasteiger partial charge in [0.25, 0.3) is 5.91 Å². The number of ketones is 1. The third-order valence-corrected chi connectivity index (χ3v) is 8.26. The Hall–Kier alpha value is -2.90. The minimum atomic E-state index is -0.721. The number of hydrogen-bond acceptors (Lipinski definition) is 5. The topological polar surface area (TPSA) is 90.0 Å². The molecule has 8 heteroatoms. The van der Waals surface area contributed by atoms with Gasteiger partial charge >= 0.3 is 0 Å². The van der Waals surface area contributed by atoms with Gasteiger partial charge < -0.3 is 20.0 Å². The molecule has 4 rings (SSSR count). The van der Waals surface area contributed by atoms with Crippen LogP contribution in [0.5, 0.6) is 0 Å². The SMILES string of the molecule is CCN(CC)c1ccc(C(=O)NC(CC(C)C)C(=O)N2CCC3C2C(=O)CN3C(=O)C2CCCC2)cc1. The lowest BCUT2D eigenvalue weighted by molar-refractivity contribution is -0.138. The van der Waals surface area contributed by atoms with Crippen LogP contribution in [0.1, 0.15) is 76.6 Å². The van der Waals surface area contributed by atoms with Crippen molar-refractivity contribution in [1.82, 2.24) is 15.1 Å². The fourth-order valence-corrected chi connectivity index (χ4v) is 6.31. The van der Waals surface area contributed by atoms with Crippen LogP contribution in [0.3, 0.4) is 0 Å². The van der Waals surface area contributed by atoms with E-state index in [9.17, 15) is 19.2 Å². The highest BCUT2D eigenvalue weighted by molar-refractivity contribution is 6.01. The summed E-state index contributed by atoms with van der Waals surface area (Å²) in [5.74, 6) is -0.319. The Labute approximate surface area is 220 Å². The number of rotatable bonds is 9. The lowest BCUT2D eigenvalue weighted by Gasteiger charge is -2.29. The number of carbonyl (C=O) groups excluding carboxylic acids is 4. The monoisotopic (exact) mass is 510 g/mol. The van der Waals surface area contributed by atoms with Crippen molar-refractivity contribution in [3.63, 3.8) is 0 Å². The van der Waals surface area contributed by atoms with E-state index < -0.39 is 12.1 Å². The summed E-state index contributed by atoms with van der Waals surface area (Å²) in [5.41, 5.74) is 1.55. The fraction of sp³-hybridized carbons (Fsp3) is 0.655. The van der Waals surface area contributed by atoms with Crippen LogP contribution in [0.15, 0.2) is 24.3 Å². The molecule has 1 saturated carbocycles. The van der Waals surface area contributed by atoms with E-state index in [1.807, 2.05) is 26.0 Å². The summed E-state index contributed by atoms with van der Waals surface area (Å²) in [6, 6.07) is 5.88. The van der Waals surface area contributed by atoms with Gasteiger partial charge in [-0.25, -0.2) is 0 Å². The number of amides is 3. The molecule has 0 aromatic heterocycles. The molecule has 0 bridgehead atoms. The molecule has 0 radical (unpaired) electrons. The van der Waals surface area contributed by atoms with Crippen molar-refractivity contribution in [1.29, 1.82) is 0 Å². The van der Waals surface area contributed by atoms with Crippen molar-refractivity contribution in [2.24, 2.45) is 11.8 Å². The van der Waals surface area contributed by atoms with Crippen molar-refractivity contribution in [3.05, 3.63) is 29.8 Å². The van der Waals surface area contributed by atoms with Gasteiger partial charge in [-0.15, -0.1) is 0 Å². The van der Waals surface area contributed by atoms with Crippen LogP contribution in [0.2, 0.25) is 0 Å². The van der Waals surface area contributed by atoms with Crippen LogP contribution >= 0.6 is 0 Å². The summed E-state index contributed by atoms with van der Waals surface area (Å²) >= 11 is 0. The normalized spacial score (nSPS) is 22.5. The third-order valence-electron chi connectivity index (χ3n) is 8.26. The number of likely N-dealkylation sites (tertiary alicyclic amines) is 2. The largest absolute Gasteiger partial charge is 0.372 e. The predicted octanol–water partition coefficient (Wildman–Crippen LogP) is 3.25. The standard InChI is InChI=1S/C29H42N4O4/c1-5-31(6-2)22-13-11-20(12-14-22)27(35)30-23(17-19(3)4)29(37)32-16-15-24-26(32)25(34)18-33(24)28(36)21-9-7-8-10-21/h11-14,19,21,23-24,26H,5-10,15-18H2,1-4H3,(H,30,35). The maximum atomic E-state index is 13.7. The summed E-state index contributed by atoms with van der Waals surface area (Å²) in [6.07, 6.45) is 4.99. The van der Waals surface area contributed by atoms with Crippen LogP contribution in [-0.2, 0) is 14.4 Å². The van der Waals surface area contributed by atoms with Crippen LogP contribution in [0.4, 0.5) is 5.69 Å². The number of fused-ring (bicyclic) bond motifs is 1. The minimum Gasteiger partial charge on any atom is -0.372 e. The summed E-state index contributed by atoms with van der Waals surface area (Å²) in [5, 5.41) is 2.96. The van der Waals surface area contributed by atoms with Gasteiger partial charge in [0.1, 0.15) is 12.1 Å². The smallest absolute Gasteiger partial charge is 0.251 e. The van der Waals surface area contributed by atoms with Crippen molar-refractivity contribution >= 4 is 29.2 Å². The zero-order chi connectivity index (χ0) is 26.7. The maximum absolute atomic E-state index is 13.7. The Balaban J connectivity index is 1.46. The van der Waals surface area contributed by atoms with Gasteiger partial charge in [0.05, 0.1) is 12.6 Å². The maximum Gasteiger partial charge on any atom is 0.251 e. The first kappa shape index (κ1) is 27.1. The first-order chi connectivity index (χ1) is 17.7. The minimum absolute atomic E-state index is 0.0115. The molecule has 2 saturated heterocycles. The highest BCUT2D eigenvalue weighted by Crippen LogP contribution is 2.34. The second-order valence-corrected chi connectivity index (χ2v) is 11.1. The number of hydrogen-bond donors (Lipinski definition) is 1. The van der Waals surface area contributed by atoms with Gasteiger partial charge in [-0.3, -0.25) is 19.2 Å². The molecule has 2 heterocycles. The zero-order valence-corrected chi connectivity index (χ0v) is 22.7. The second kappa shape index (κ2) is 11.7. The molecule has 1 N–H and O–H groups in total. The molecule has 2 aliphatic heterocycles. The molecule has 8 nitrogen and oxygen atoms in total. The van der Waals surface area contributed by atoms with Crippen molar-refractivity contribution in [3.8, 4) is 0 Å². The van der Waals surface area contributed by atoms with E-state index in [2.05, 4.69) is 24.1 Å². The Bertz CT molecular complexity index is 998. The third kappa shape index (κ3) is 5.68.